The van der Waals surface area contributed by atoms with Crippen molar-refractivity contribution >= 4 is 24.4 Å². The van der Waals surface area contributed by atoms with Gasteiger partial charge in [0.15, 0.2) is 5.82 Å². The standard InChI is InChI=1S/C27H43N4O4P/c1-20-7-5-9-22(19-20)13-16-30-21(2)8-6-10-23(30)14-17-31-25-12-4-3-11-24(25)29-26(27(31)32)28-15-18-36(33,34)35/h3-4,11-12,20-23H,5-10,13-19H2,1-2H3,(H,28,29)(H2,33,34,35)/t20-,21-,22-,23-/m0/s1. The van der Waals surface area contributed by atoms with E-state index in [-0.39, 0.29) is 24.1 Å². The van der Waals surface area contributed by atoms with Crippen LogP contribution in [-0.4, -0.2) is 55.6 Å². The zero-order valence-electron chi connectivity index (χ0n) is 21.8. The summed E-state index contributed by atoms with van der Waals surface area (Å²) in [7, 11) is -4.15. The van der Waals surface area contributed by atoms with Crippen LogP contribution in [0.3, 0.4) is 0 Å². The predicted molar refractivity (Wildman–Crippen MR) is 146 cm³/mol. The van der Waals surface area contributed by atoms with Gasteiger partial charge in [-0.3, -0.25) is 14.3 Å². The number of nitrogens with zero attached hydrogens (tertiary/aromatic N) is 3. The number of likely N-dealkylation sites (tertiary alicyclic amines) is 1. The SMILES string of the molecule is C[C@H]1CCC[C@@H](CCN2[C@H](CCn3c(=O)c(NCCP(=O)(O)O)nc4ccccc43)CCC[C@@H]2C)C1. The summed E-state index contributed by atoms with van der Waals surface area (Å²) < 4.78 is 13.0. The van der Waals surface area contributed by atoms with Crippen LogP contribution in [0.2, 0.25) is 0 Å². The molecule has 1 aliphatic heterocycles. The van der Waals surface area contributed by atoms with Gasteiger partial charge >= 0.3 is 7.60 Å². The number of para-hydroxylation sites is 2. The first-order valence-electron chi connectivity index (χ1n) is 13.7. The fraction of sp³-hybridized carbons (Fsp3) is 0.704. The molecule has 4 rings (SSSR count). The highest BCUT2D eigenvalue weighted by molar-refractivity contribution is 7.51. The normalized spacial score (nSPS) is 25.8. The van der Waals surface area contributed by atoms with Crippen molar-refractivity contribution in [2.45, 2.75) is 90.3 Å². The first-order valence-corrected chi connectivity index (χ1v) is 15.5. The highest BCUT2D eigenvalue weighted by Gasteiger charge is 2.29. The van der Waals surface area contributed by atoms with Gasteiger partial charge in [-0.15, -0.1) is 0 Å². The van der Waals surface area contributed by atoms with Crippen molar-refractivity contribution in [3.05, 3.63) is 34.6 Å². The zero-order valence-corrected chi connectivity index (χ0v) is 22.7. The van der Waals surface area contributed by atoms with Crippen molar-refractivity contribution in [1.82, 2.24) is 14.5 Å². The summed E-state index contributed by atoms with van der Waals surface area (Å²) in [5, 5.41) is 2.87. The summed E-state index contributed by atoms with van der Waals surface area (Å²) >= 11 is 0. The molecule has 1 aromatic heterocycles. The summed E-state index contributed by atoms with van der Waals surface area (Å²) in [5.41, 5.74) is 1.27. The Hall–Kier alpha value is -1.73. The zero-order chi connectivity index (χ0) is 25.7. The Labute approximate surface area is 214 Å². The number of rotatable bonds is 10. The van der Waals surface area contributed by atoms with Gasteiger partial charge in [0.2, 0.25) is 0 Å². The van der Waals surface area contributed by atoms with Crippen molar-refractivity contribution in [2.24, 2.45) is 11.8 Å². The van der Waals surface area contributed by atoms with Gasteiger partial charge in [0.25, 0.3) is 5.56 Å². The molecule has 1 aliphatic carbocycles. The average Bonchev–Trinajstić information content (AvgIpc) is 2.83. The number of nitrogens with one attached hydrogen (secondary N) is 1. The minimum absolute atomic E-state index is 0.00143. The Bertz CT molecular complexity index is 1120. The molecule has 1 saturated heterocycles. The predicted octanol–water partition coefficient (Wildman–Crippen LogP) is 4.84. The van der Waals surface area contributed by atoms with E-state index in [1.807, 2.05) is 24.3 Å². The molecular formula is C27H43N4O4P. The van der Waals surface area contributed by atoms with E-state index in [9.17, 15) is 9.36 Å². The summed E-state index contributed by atoms with van der Waals surface area (Å²) in [6.45, 7) is 6.49. The van der Waals surface area contributed by atoms with Gasteiger partial charge in [0.1, 0.15) is 0 Å². The van der Waals surface area contributed by atoms with E-state index in [2.05, 4.69) is 29.0 Å². The summed E-state index contributed by atoms with van der Waals surface area (Å²) in [6.07, 6.45) is 11.0. The van der Waals surface area contributed by atoms with Crippen LogP contribution in [0.25, 0.3) is 11.0 Å². The van der Waals surface area contributed by atoms with Gasteiger partial charge in [0.05, 0.1) is 17.2 Å². The lowest BCUT2D eigenvalue weighted by molar-refractivity contribution is 0.0733. The van der Waals surface area contributed by atoms with E-state index in [4.69, 9.17) is 9.79 Å². The molecule has 2 fully saturated rings. The molecule has 1 aromatic carbocycles. The molecule has 0 unspecified atom stereocenters. The highest BCUT2D eigenvalue weighted by Crippen LogP contribution is 2.34. The molecular weight excluding hydrogens is 475 g/mol. The molecule has 8 nitrogen and oxygen atoms in total. The second-order valence-electron chi connectivity index (χ2n) is 11.1. The molecule has 3 N–H and O–H groups in total. The first-order chi connectivity index (χ1) is 17.2. The number of aryl methyl sites for hydroxylation is 1. The number of hydrogen-bond donors (Lipinski definition) is 3. The smallest absolute Gasteiger partial charge is 0.327 e. The summed E-state index contributed by atoms with van der Waals surface area (Å²) in [6, 6.07) is 8.63. The molecule has 2 heterocycles. The molecule has 200 valence electrons. The molecule has 4 atom stereocenters. The van der Waals surface area contributed by atoms with Crippen molar-refractivity contribution in [3.8, 4) is 0 Å². The lowest BCUT2D eigenvalue weighted by Crippen LogP contribution is -2.46. The fourth-order valence-corrected chi connectivity index (χ4v) is 6.74. The molecule has 0 bridgehead atoms. The van der Waals surface area contributed by atoms with Crippen LogP contribution >= 0.6 is 7.60 Å². The van der Waals surface area contributed by atoms with Crippen LogP contribution < -0.4 is 10.9 Å². The maximum Gasteiger partial charge on any atom is 0.327 e. The summed E-state index contributed by atoms with van der Waals surface area (Å²) in [5.74, 6) is 1.86. The maximum atomic E-state index is 13.4. The van der Waals surface area contributed by atoms with Gasteiger partial charge < -0.3 is 19.7 Å². The molecule has 0 amide bonds. The lowest BCUT2D eigenvalue weighted by Gasteiger charge is -2.42. The lowest BCUT2D eigenvalue weighted by atomic mass is 9.80. The van der Waals surface area contributed by atoms with Crippen LogP contribution in [0, 0.1) is 11.8 Å². The second-order valence-corrected chi connectivity index (χ2v) is 12.9. The topological polar surface area (TPSA) is 108 Å². The minimum Gasteiger partial charge on any atom is -0.365 e. The Morgan fingerprint density at radius 2 is 1.83 bits per heavy atom. The van der Waals surface area contributed by atoms with E-state index < -0.39 is 7.60 Å². The Morgan fingerprint density at radius 3 is 2.61 bits per heavy atom. The average molecular weight is 519 g/mol. The number of aromatic nitrogens is 2. The van der Waals surface area contributed by atoms with Crippen molar-refractivity contribution < 1.29 is 14.4 Å². The molecule has 9 heteroatoms. The highest BCUT2D eigenvalue weighted by atomic mass is 31.2. The van der Waals surface area contributed by atoms with Crippen molar-refractivity contribution in [1.29, 1.82) is 0 Å². The monoisotopic (exact) mass is 518 g/mol. The molecule has 1 saturated carbocycles. The number of hydrogen-bond acceptors (Lipinski definition) is 5. The van der Waals surface area contributed by atoms with Gasteiger partial charge in [-0.05, 0) is 69.5 Å². The minimum atomic E-state index is -4.15. The van der Waals surface area contributed by atoms with Gasteiger partial charge in [-0.25, -0.2) is 4.98 Å². The van der Waals surface area contributed by atoms with Gasteiger partial charge in [0, 0.05) is 25.2 Å². The molecule has 36 heavy (non-hydrogen) atoms. The molecule has 0 radical (unpaired) electrons. The quantitative estimate of drug-likeness (QED) is 0.387. The molecule has 0 spiro atoms. The Morgan fingerprint density at radius 1 is 1.06 bits per heavy atom. The number of anilines is 1. The van der Waals surface area contributed by atoms with Crippen LogP contribution in [0.5, 0.6) is 0 Å². The second kappa shape index (κ2) is 12.2. The third kappa shape index (κ3) is 7.18. The number of fused-ring (bicyclic) bond motifs is 1. The molecule has 2 aliphatic rings. The summed E-state index contributed by atoms with van der Waals surface area (Å²) in [4.78, 5) is 38.8. The van der Waals surface area contributed by atoms with Crippen LogP contribution in [0.1, 0.15) is 71.6 Å². The van der Waals surface area contributed by atoms with Gasteiger partial charge in [-0.1, -0.05) is 44.7 Å². The van der Waals surface area contributed by atoms with E-state index in [0.29, 0.717) is 24.1 Å². The number of benzene rings is 1. The van der Waals surface area contributed by atoms with Crippen molar-refractivity contribution in [2.75, 3.05) is 24.6 Å². The van der Waals surface area contributed by atoms with Crippen molar-refractivity contribution in [3.63, 3.8) is 0 Å². The van der Waals surface area contributed by atoms with Crippen LogP contribution in [0.15, 0.2) is 29.1 Å². The third-order valence-electron chi connectivity index (χ3n) is 8.27. The van der Waals surface area contributed by atoms with Crippen LogP contribution in [-0.2, 0) is 11.1 Å². The fourth-order valence-electron chi connectivity index (χ4n) is 6.33. The van der Waals surface area contributed by atoms with E-state index >= 15 is 0 Å². The maximum absolute atomic E-state index is 13.4. The van der Waals surface area contributed by atoms with E-state index in [1.165, 1.54) is 44.9 Å². The van der Waals surface area contributed by atoms with E-state index in [0.717, 1.165) is 36.7 Å². The first kappa shape index (κ1) is 27.3. The van der Waals surface area contributed by atoms with Gasteiger partial charge in [-0.2, -0.15) is 0 Å². The van der Waals surface area contributed by atoms with Crippen LogP contribution in [0.4, 0.5) is 5.82 Å². The third-order valence-corrected chi connectivity index (χ3v) is 9.08. The Balaban J connectivity index is 1.47. The number of piperidine rings is 1. The van der Waals surface area contributed by atoms with E-state index in [1.54, 1.807) is 4.57 Å². The molecule has 2 aromatic rings. The Kier molecular flexibility index (Phi) is 9.26. The largest absolute Gasteiger partial charge is 0.365 e.